The fourth-order valence-electron chi connectivity index (χ4n) is 2.35. The smallest absolute Gasteiger partial charge is 0.154 e. The molecule has 0 radical (unpaired) electrons. The van der Waals surface area contributed by atoms with E-state index >= 15 is 0 Å². The third-order valence-electron chi connectivity index (χ3n) is 3.33. The fraction of sp³-hybridized carbons (Fsp3) is 0.538. The molecule has 0 aliphatic carbocycles. The van der Waals surface area contributed by atoms with E-state index in [0.717, 1.165) is 5.56 Å². The maximum Gasteiger partial charge on any atom is 0.154 e. The molecule has 2 unspecified atom stereocenters. The number of sulfone groups is 1. The average molecular weight is 269 g/mol. The highest BCUT2D eigenvalue weighted by Crippen LogP contribution is 2.19. The summed E-state index contributed by atoms with van der Waals surface area (Å²) in [6.07, 6.45) is -0.803. The Balaban J connectivity index is 2.06. The maximum atomic E-state index is 11.4. The molecule has 0 amide bonds. The molecule has 5 heteroatoms. The Morgan fingerprint density at radius 3 is 2.67 bits per heavy atom. The highest BCUT2D eigenvalue weighted by atomic mass is 32.2. The van der Waals surface area contributed by atoms with Gasteiger partial charge >= 0.3 is 0 Å². The number of benzene rings is 1. The summed E-state index contributed by atoms with van der Waals surface area (Å²) in [5, 5.41) is 12.9. The maximum absolute atomic E-state index is 11.4. The molecule has 2 N–H and O–H groups in total. The van der Waals surface area contributed by atoms with Crippen LogP contribution >= 0.6 is 0 Å². The molecule has 1 aliphatic heterocycles. The van der Waals surface area contributed by atoms with Crippen LogP contribution in [0.15, 0.2) is 24.3 Å². The lowest BCUT2D eigenvalue weighted by molar-refractivity contribution is 0.160. The van der Waals surface area contributed by atoms with Gasteiger partial charge in [-0.1, -0.05) is 29.8 Å². The second kappa shape index (κ2) is 4.99. The van der Waals surface area contributed by atoms with E-state index in [0.29, 0.717) is 0 Å². The number of hydrogen-bond acceptors (Lipinski definition) is 4. The van der Waals surface area contributed by atoms with Crippen LogP contribution in [-0.2, 0) is 9.84 Å². The summed E-state index contributed by atoms with van der Waals surface area (Å²) in [4.78, 5) is 0. The van der Waals surface area contributed by atoms with E-state index in [-0.39, 0.29) is 23.6 Å². The first-order valence-electron chi connectivity index (χ1n) is 6.08. The number of aliphatic hydroxyl groups is 1. The Morgan fingerprint density at radius 2 is 2.11 bits per heavy atom. The molecule has 0 saturated carbocycles. The molecule has 1 aromatic carbocycles. The van der Waals surface area contributed by atoms with E-state index < -0.39 is 15.9 Å². The number of aryl methyl sites for hydroxylation is 1. The predicted molar refractivity (Wildman–Crippen MR) is 71.2 cm³/mol. The van der Waals surface area contributed by atoms with E-state index in [1.165, 1.54) is 5.56 Å². The van der Waals surface area contributed by atoms with Crippen molar-refractivity contribution in [2.45, 2.75) is 32.0 Å². The van der Waals surface area contributed by atoms with Crippen LogP contribution in [0.3, 0.4) is 0 Å². The Morgan fingerprint density at radius 1 is 1.39 bits per heavy atom. The van der Waals surface area contributed by atoms with Crippen molar-refractivity contribution in [3.63, 3.8) is 0 Å². The monoisotopic (exact) mass is 269 g/mol. The molecule has 1 heterocycles. The van der Waals surface area contributed by atoms with Crippen molar-refractivity contribution in [2.75, 3.05) is 11.5 Å². The summed E-state index contributed by atoms with van der Waals surface area (Å²) in [5.74, 6) is -0.116. The van der Waals surface area contributed by atoms with Gasteiger partial charge in [0.05, 0.1) is 17.6 Å². The van der Waals surface area contributed by atoms with Crippen LogP contribution in [0.25, 0.3) is 0 Å². The number of aliphatic hydroxyl groups excluding tert-OH is 1. The number of hydrogen-bond donors (Lipinski definition) is 2. The first-order valence-corrected chi connectivity index (χ1v) is 7.90. The molecular formula is C13H19NO3S. The normalized spacial score (nSPS) is 28.2. The second-order valence-electron chi connectivity index (χ2n) is 5.05. The van der Waals surface area contributed by atoms with Crippen molar-refractivity contribution in [2.24, 2.45) is 0 Å². The fourth-order valence-corrected chi connectivity index (χ4v) is 4.10. The summed E-state index contributed by atoms with van der Waals surface area (Å²) >= 11 is 0. The van der Waals surface area contributed by atoms with Crippen LogP contribution in [0.5, 0.6) is 0 Å². The van der Waals surface area contributed by atoms with Crippen molar-refractivity contribution < 1.29 is 13.5 Å². The van der Waals surface area contributed by atoms with Crippen LogP contribution in [0, 0.1) is 6.92 Å². The van der Waals surface area contributed by atoms with Gasteiger partial charge in [0.15, 0.2) is 9.84 Å². The quantitative estimate of drug-likeness (QED) is 0.852. The highest BCUT2D eigenvalue weighted by molar-refractivity contribution is 7.91. The van der Waals surface area contributed by atoms with Gasteiger partial charge in [-0.2, -0.15) is 0 Å². The lowest BCUT2D eigenvalue weighted by atomic mass is 10.0. The van der Waals surface area contributed by atoms with Crippen molar-refractivity contribution in [3.8, 4) is 0 Å². The summed E-state index contributed by atoms with van der Waals surface area (Å²) < 4.78 is 22.8. The highest BCUT2D eigenvalue weighted by Gasteiger charge is 2.36. The van der Waals surface area contributed by atoms with Gasteiger partial charge in [0.25, 0.3) is 0 Å². The van der Waals surface area contributed by atoms with Gasteiger partial charge in [0.2, 0.25) is 0 Å². The molecule has 0 spiro atoms. The van der Waals surface area contributed by atoms with Gasteiger partial charge in [0, 0.05) is 12.1 Å². The largest absolute Gasteiger partial charge is 0.390 e. The molecule has 4 nitrogen and oxygen atoms in total. The van der Waals surface area contributed by atoms with Crippen molar-refractivity contribution in [1.82, 2.24) is 5.32 Å². The predicted octanol–water partition coefficient (Wildman–Crippen LogP) is 0.804. The molecule has 18 heavy (non-hydrogen) atoms. The molecule has 100 valence electrons. The van der Waals surface area contributed by atoms with Gasteiger partial charge in [-0.25, -0.2) is 8.42 Å². The Kier molecular flexibility index (Phi) is 3.75. The van der Waals surface area contributed by atoms with Crippen LogP contribution in [0.2, 0.25) is 0 Å². The van der Waals surface area contributed by atoms with Gasteiger partial charge in [-0.05, 0) is 19.4 Å². The molecule has 2 rings (SSSR count). The number of rotatable bonds is 3. The molecule has 1 saturated heterocycles. The number of nitrogens with one attached hydrogen (secondary N) is 1. The van der Waals surface area contributed by atoms with E-state index in [9.17, 15) is 13.5 Å². The van der Waals surface area contributed by atoms with Crippen LogP contribution < -0.4 is 5.32 Å². The van der Waals surface area contributed by atoms with E-state index in [1.54, 1.807) is 0 Å². The lowest BCUT2D eigenvalue weighted by Crippen LogP contribution is -2.40. The zero-order valence-electron chi connectivity index (χ0n) is 10.6. The summed E-state index contributed by atoms with van der Waals surface area (Å²) in [7, 11) is -3.09. The third-order valence-corrected chi connectivity index (χ3v) is 5.05. The van der Waals surface area contributed by atoms with E-state index in [1.807, 2.05) is 32.0 Å². The van der Waals surface area contributed by atoms with E-state index in [4.69, 9.17) is 0 Å². The van der Waals surface area contributed by atoms with E-state index in [2.05, 4.69) is 11.4 Å². The van der Waals surface area contributed by atoms with Gasteiger partial charge < -0.3 is 10.4 Å². The van der Waals surface area contributed by atoms with Crippen molar-refractivity contribution >= 4 is 9.84 Å². The van der Waals surface area contributed by atoms with Crippen molar-refractivity contribution in [1.29, 1.82) is 0 Å². The minimum absolute atomic E-state index is 0.0182. The minimum atomic E-state index is -3.09. The second-order valence-corrected chi connectivity index (χ2v) is 7.21. The van der Waals surface area contributed by atoms with Gasteiger partial charge in [-0.3, -0.25) is 0 Å². The van der Waals surface area contributed by atoms with Crippen LogP contribution in [0.4, 0.5) is 0 Å². The SMILES string of the molecule is Cc1cccc([C@@H](C)NC2CS(=O)(=O)CC2O)c1. The van der Waals surface area contributed by atoms with Crippen LogP contribution in [0.1, 0.15) is 24.1 Å². The van der Waals surface area contributed by atoms with Gasteiger partial charge in [-0.15, -0.1) is 0 Å². The minimum Gasteiger partial charge on any atom is -0.390 e. The van der Waals surface area contributed by atoms with Gasteiger partial charge in [0.1, 0.15) is 0 Å². The molecule has 1 fully saturated rings. The first kappa shape index (κ1) is 13.5. The molecule has 1 aromatic rings. The third kappa shape index (κ3) is 3.10. The summed E-state index contributed by atoms with van der Waals surface area (Å²) in [5.41, 5.74) is 2.27. The molecule has 1 aliphatic rings. The Bertz CT molecular complexity index is 527. The summed E-state index contributed by atoms with van der Waals surface area (Å²) in [6, 6.07) is 7.72. The zero-order valence-corrected chi connectivity index (χ0v) is 11.4. The zero-order chi connectivity index (χ0) is 13.3. The average Bonchev–Trinajstić information content (AvgIpc) is 2.51. The standard InChI is InChI=1S/C13H19NO3S/c1-9-4-3-5-11(6-9)10(2)14-12-7-18(16,17)8-13(12)15/h3-6,10,12-15H,7-8H2,1-2H3/t10-,12?,13?/m1/s1. The molecular weight excluding hydrogens is 250 g/mol. The van der Waals surface area contributed by atoms with Crippen LogP contribution in [-0.4, -0.2) is 37.2 Å². The first-order chi connectivity index (χ1) is 8.37. The topological polar surface area (TPSA) is 66.4 Å². The lowest BCUT2D eigenvalue weighted by Gasteiger charge is -2.21. The Labute approximate surface area is 108 Å². The Hall–Kier alpha value is -0.910. The van der Waals surface area contributed by atoms with Crippen molar-refractivity contribution in [3.05, 3.63) is 35.4 Å². The molecule has 0 bridgehead atoms. The molecule has 3 atom stereocenters. The molecule has 0 aromatic heterocycles. The summed E-state index contributed by atoms with van der Waals surface area (Å²) in [6.45, 7) is 4.00.